The molecule has 37 heavy (non-hydrogen) atoms. The number of para-hydroxylation sites is 3. The van der Waals surface area contributed by atoms with Crippen LogP contribution in [0, 0.1) is 6.92 Å². The zero-order valence-electron chi connectivity index (χ0n) is 21.9. The molecule has 0 unspecified atom stereocenters. The molecule has 1 fully saturated rings. The lowest BCUT2D eigenvalue weighted by Gasteiger charge is -2.36. The van der Waals surface area contributed by atoms with Gasteiger partial charge in [-0.15, -0.1) is 0 Å². The van der Waals surface area contributed by atoms with Gasteiger partial charge >= 0.3 is 0 Å². The van der Waals surface area contributed by atoms with Crippen LogP contribution in [0.25, 0.3) is 22.3 Å². The Morgan fingerprint density at radius 1 is 0.919 bits per heavy atom. The number of rotatable bonds is 8. The number of hydrogen-bond acceptors (Lipinski definition) is 6. The molecule has 0 radical (unpaired) electrons. The molecule has 1 aromatic heterocycles. The maximum absolute atomic E-state index is 13.2. The van der Waals surface area contributed by atoms with E-state index in [-0.39, 0.29) is 5.43 Å². The summed E-state index contributed by atoms with van der Waals surface area (Å²) >= 11 is 0. The van der Waals surface area contributed by atoms with Crippen molar-refractivity contribution in [1.82, 2.24) is 4.90 Å². The highest BCUT2D eigenvalue weighted by atomic mass is 16.5. The summed E-state index contributed by atoms with van der Waals surface area (Å²) in [5.41, 5.74) is 4.38. The summed E-state index contributed by atoms with van der Waals surface area (Å²) in [6.45, 7) is 7.81. The van der Waals surface area contributed by atoms with E-state index in [2.05, 4.69) is 33.9 Å². The third-order valence-electron chi connectivity index (χ3n) is 7.34. The zero-order chi connectivity index (χ0) is 25.8. The van der Waals surface area contributed by atoms with Crippen LogP contribution in [0.1, 0.15) is 12.0 Å². The molecule has 0 atom stereocenters. The maximum atomic E-state index is 13.2. The molecule has 1 aliphatic rings. The van der Waals surface area contributed by atoms with E-state index in [0.717, 1.165) is 62.7 Å². The van der Waals surface area contributed by atoms with Crippen molar-refractivity contribution < 1.29 is 9.15 Å². The molecule has 1 aliphatic heterocycles. The monoisotopic (exact) mass is 497 g/mol. The van der Waals surface area contributed by atoms with Gasteiger partial charge in [0.25, 0.3) is 0 Å². The number of fused-ring (bicyclic) bond motifs is 1. The molecule has 0 N–H and O–H groups in total. The third kappa shape index (κ3) is 5.20. The van der Waals surface area contributed by atoms with Crippen LogP contribution >= 0.6 is 0 Å². The summed E-state index contributed by atoms with van der Waals surface area (Å²) in [6, 6.07) is 24.0. The summed E-state index contributed by atoms with van der Waals surface area (Å²) in [5.74, 6) is 1.58. The van der Waals surface area contributed by atoms with Gasteiger partial charge in [0, 0.05) is 50.9 Å². The van der Waals surface area contributed by atoms with Crippen LogP contribution in [0.5, 0.6) is 5.75 Å². The van der Waals surface area contributed by atoms with E-state index < -0.39 is 0 Å². The van der Waals surface area contributed by atoms with Gasteiger partial charge in [-0.25, -0.2) is 0 Å². The second-order valence-electron chi connectivity index (χ2n) is 9.68. The largest absolute Gasteiger partial charge is 0.495 e. The minimum Gasteiger partial charge on any atom is -0.495 e. The first-order chi connectivity index (χ1) is 18.1. The lowest BCUT2D eigenvalue weighted by Crippen LogP contribution is -2.47. The Balaban J connectivity index is 1.24. The Bertz CT molecular complexity index is 1410. The average Bonchev–Trinajstić information content (AvgIpc) is 2.95. The van der Waals surface area contributed by atoms with Crippen LogP contribution in [0.15, 0.2) is 82.0 Å². The highest BCUT2D eigenvalue weighted by Gasteiger charge is 2.20. The lowest BCUT2D eigenvalue weighted by molar-refractivity contribution is 0.255. The van der Waals surface area contributed by atoms with Crippen LogP contribution in [-0.4, -0.2) is 58.3 Å². The SMILES string of the molecule is COc1ccccc1N1CCN(CCCN(C)c2cccc3c(=O)c(C)c(-c4ccccc4)oc23)CC1. The van der Waals surface area contributed by atoms with Crippen molar-refractivity contribution in [2.75, 3.05) is 63.2 Å². The Labute approximate surface area is 218 Å². The number of benzene rings is 3. The highest BCUT2D eigenvalue weighted by Crippen LogP contribution is 2.31. The van der Waals surface area contributed by atoms with Crippen molar-refractivity contribution >= 4 is 22.3 Å². The number of ether oxygens (including phenoxy) is 1. The molecule has 0 bridgehead atoms. The molecule has 6 heteroatoms. The van der Waals surface area contributed by atoms with E-state index in [4.69, 9.17) is 9.15 Å². The quantitative estimate of drug-likeness (QED) is 0.324. The highest BCUT2D eigenvalue weighted by molar-refractivity contribution is 5.90. The van der Waals surface area contributed by atoms with Crippen LogP contribution in [0.4, 0.5) is 11.4 Å². The topological polar surface area (TPSA) is 49.2 Å². The first-order valence-electron chi connectivity index (χ1n) is 13.0. The fraction of sp³-hybridized carbons (Fsp3) is 0.323. The molecule has 5 rings (SSSR count). The van der Waals surface area contributed by atoms with Crippen LogP contribution < -0.4 is 20.0 Å². The minimum absolute atomic E-state index is 0.0308. The van der Waals surface area contributed by atoms with Crippen molar-refractivity contribution in [2.45, 2.75) is 13.3 Å². The number of methoxy groups -OCH3 is 1. The van der Waals surface area contributed by atoms with E-state index in [1.54, 1.807) is 7.11 Å². The van der Waals surface area contributed by atoms with Gasteiger partial charge in [0.15, 0.2) is 11.0 Å². The normalized spacial score (nSPS) is 14.2. The van der Waals surface area contributed by atoms with Gasteiger partial charge in [0.05, 0.1) is 23.9 Å². The first-order valence-corrected chi connectivity index (χ1v) is 13.0. The summed E-state index contributed by atoms with van der Waals surface area (Å²) in [5, 5.41) is 0.633. The van der Waals surface area contributed by atoms with Gasteiger partial charge in [-0.3, -0.25) is 9.69 Å². The zero-order valence-corrected chi connectivity index (χ0v) is 21.9. The van der Waals surface area contributed by atoms with E-state index in [9.17, 15) is 4.79 Å². The van der Waals surface area contributed by atoms with Crippen molar-refractivity contribution in [3.8, 4) is 17.1 Å². The fourth-order valence-electron chi connectivity index (χ4n) is 5.22. The van der Waals surface area contributed by atoms with Gasteiger partial charge in [0.2, 0.25) is 0 Å². The summed E-state index contributed by atoms with van der Waals surface area (Å²) in [7, 11) is 3.81. The fourth-order valence-corrected chi connectivity index (χ4v) is 5.22. The van der Waals surface area contributed by atoms with E-state index in [1.807, 2.05) is 67.6 Å². The molecule has 1 saturated heterocycles. The third-order valence-corrected chi connectivity index (χ3v) is 7.34. The predicted octanol–water partition coefficient (Wildman–Crippen LogP) is 5.43. The molecule has 3 aromatic carbocycles. The van der Waals surface area contributed by atoms with Gasteiger partial charge < -0.3 is 19.0 Å². The van der Waals surface area contributed by atoms with Crippen LogP contribution in [0.2, 0.25) is 0 Å². The first kappa shape index (κ1) is 24.9. The Morgan fingerprint density at radius 2 is 1.65 bits per heavy atom. The standard InChI is InChI=1S/C31H35N3O3/c1-23-29(35)25-13-9-15-27(31(25)37-30(23)24-11-5-4-6-12-24)32(2)17-10-18-33-19-21-34(22-20-33)26-14-7-8-16-28(26)36-3/h4-9,11-16H,10,17-22H2,1-3H3. The summed E-state index contributed by atoms with van der Waals surface area (Å²) in [4.78, 5) is 20.3. The van der Waals surface area contributed by atoms with E-state index in [0.29, 0.717) is 22.3 Å². The maximum Gasteiger partial charge on any atom is 0.196 e. The minimum atomic E-state index is 0.0308. The molecular formula is C31H35N3O3. The van der Waals surface area contributed by atoms with E-state index >= 15 is 0 Å². The molecule has 0 spiro atoms. The number of hydrogen-bond donors (Lipinski definition) is 0. The van der Waals surface area contributed by atoms with Crippen molar-refractivity contribution in [3.05, 3.63) is 88.6 Å². The van der Waals surface area contributed by atoms with E-state index in [1.165, 1.54) is 5.69 Å². The van der Waals surface area contributed by atoms with Crippen molar-refractivity contribution in [1.29, 1.82) is 0 Å². The van der Waals surface area contributed by atoms with Crippen molar-refractivity contribution in [3.63, 3.8) is 0 Å². The molecule has 192 valence electrons. The van der Waals surface area contributed by atoms with Crippen LogP contribution in [0.3, 0.4) is 0 Å². The molecule has 4 aromatic rings. The lowest BCUT2D eigenvalue weighted by atomic mass is 10.1. The molecule has 0 amide bonds. The number of anilines is 2. The smallest absolute Gasteiger partial charge is 0.196 e. The predicted molar refractivity (Wildman–Crippen MR) is 152 cm³/mol. The molecule has 2 heterocycles. The summed E-state index contributed by atoms with van der Waals surface area (Å²) in [6.07, 6.45) is 1.03. The van der Waals surface area contributed by atoms with Gasteiger partial charge in [-0.1, -0.05) is 48.5 Å². The Kier molecular flexibility index (Phi) is 7.47. The van der Waals surface area contributed by atoms with Gasteiger partial charge in [-0.2, -0.15) is 0 Å². The van der Waals surface area contributed by atoms with Gasteiger partial charge in [-0.05, 0) is 44.2 Å². The Morgan fingerprint density at radius 3 is 2.41 bits per heavy atom. The van der Waals surface area contributed by atoms with Gasteiger partial charge in [0.1, 0.15) is 11.5 Å². The number of nitrogens with zero attached hydrogens (tertiary/aromatic N) is 3. The molecule has 6 nitrogen and oxygen atoms in total. The Hall–Kier alpha value is -3.77. The molecular weight excluding hydrogens is 462 g/mol. The second-order valence-corrected chi connectivity index (χ2v) is 9.68. The molecule has 0 aliphatic carbocycles. The number of piperazine rings is 1. The average molecular weight is 498 g/mol. The molecule has 0 saturated carbocycles. The van der Waals surface area contributed by atoms with Crippen LogP contribution in [-0.2, 0) is 0 Å². The summed E-state index contributed by atoms with van der Waals surface area (Å²) < 4.78 is 12.0. The second kappa shape index (κ2) is 11.1. The van der Waals surface area contributed by atoms with Crippen molar-refractivity contribution in [2.24, 2.45) is 0 Å².